The summed E-state index contributed by atoms with van der Waals surface area (Å²) in [5, 5.41) is 3.55. The molecule has 0 aromatic carbocycles. The highest BCUT2D eigenvalue weighted by molar-refractivity contribution is 4.83. The fourth-order valence-electron chi connectivity index (χ4n) is 4.02. The van der Waals surface area contributed by atoms with E-state index in [1.54, 1.807) is 0 Å². The van der Waals surface area contributed by atoms with Crippen LogP contribution in [0.4, 0.5) is 0 Å². The van der Waals surface area contributed by atoms with Crippen LogP contribution in [-0.4, -0.2) is 37.6 Å². The molecule has 0 aromatic heterocycles. The van der Waals surface area contributed by atoms with Gasteiger partial charge < -0.3 is 10.2 Å². The van der Waals surface area contributed by atoms with Crippen molar-refractivity contribution < 1.29 is 0 Å². The number of nitrogens with one attached hydrogen (secondary N) is 1. The average molecular weight is 252 g/mol. The summed E-state index contributed by atoms with van der Waals surface area (Å²) in [6, 6.07) is 1.64. The molecule has 2 aliphatic carbocycles. The quantitative estimate of drug-likeness (QED) is 0.771. The summed E-state index contributed by atoms with van der Waals surface area (Å²) in [5.41, 5.74) is 0. The van der Waals surface area contributed by atoms with E-state index in [1.807, 2.05) is 0 Å². The third-order valence-electron chi connectivity index (χ3n) is 5.25. The Kier molecular flexibility index (Phi) is 5.97. The van der Waals surface area contributed by atoms with Gasteiger partial charge in [-0.3, -0.25) is 0 Å². The van der Waals surface area contributed by atoms with Gasteiger partial charge in [-0.05, 0) is 45.7 Å². The van der Waals surface area contributed by atoms with Gasteiger partial charge in [0.1, 0.15) is 0 Å². The Bertz CT molecular complexity index is 221. The van der Waals surface area contributed by atoms with Crippen LogP contribution in [0.25, 0.3) is 0 Å². The molecule has 106 valence electrons. The van der Waals surface area contributed by atoms with E-state index in [0.717, 1.165) is 18.0 Å². The maximum Gasteiger partial charge on any atom is 0.0104 e. The van der Waals surface area contributed by atoms with Crippen LogP contribution >= 0.6 is 0 Å². The van der Waals surface area contributed by atoms with Gasteiger partial charge in [-0.2, -0.15) is 0 Å². The van der Waals surface area contributed by atoms with Crippen LogP contribution in [0.15, 0.2) is 0 Å². The van der Waals surface area contributed by atoms with Gasteiger partial charge in [0.2, 0.25) is 0 Å². The summed E-state index contributed by atoms with van der Waals surface area (Å²) in [6.07, 6.45) is 14.4. The van der Waals surface area contributed by atoms with Crippen LogP contribution in [0.2, 0.25) is 0 Å². The molecule has 0 aliphatic heterocycles. The molecular weight excluding hydrogens is 220 g/mol. The van der Waals surface area contributed by atoms with Crippen molar-refractivity contribution in [2.75, 3.05) is 20.6 Å². The van der Waals surface area contributed by atoms with Crippen molar-refractivity contribution in [2.45, 2.75) is 76.3 Å². The second-order valence-electron chi connectivity index (χ2n) is 6.52. The van der Waals surface area contributed by atoms with E-state index in [9.17, 15) is 0 Å². The topological polar surface area (TPSA) is 15.3 Å². The highest BCUT2D eigenvalue weighted by atomic mass is 15.1. The highest BCUT2D eigenvalue weighted by Gasteiger charge is 2.27. The van der Waals surface area contributed by atoms with Crippen molar-refractivity contribution in [3.05, 3.63) is 0 Å². The van der Waals surface area contributed by atoms with Crippen molar-refractivity contribution >= 4 is 0 Å². The smallest absolute Gasteiger partial charge is 0.0104 e. The van der Waals surface area contributed by atoms with Gasteiger partial charge in [0.15, 0.2) is 0 Å². The molecule has 2 fully saturated rings. The van der Waals surface area contributed by atoms with Crippen LogP contribution in [0, 0.1) is 5.92 Å². The number of rotatable bonds is 4. The molecule has 0 saturated heterocycles. The lowest BCUT2D eigenvalue weighted by Gasteiger charge is -2.37. The minimum Gasteiger partial charge on any atom is -0.317 e. The molecule has 1 N–H and O–H groups in total. The molecule has 0 spiro atoms. The Morgan fingerprint density at radius 1 is 0.889 bits per heavy atom. The maximum atomic E-state index is 3.55. The zero-order chi connectivity index (χ0) is 12.8. The van der Waals surface area contributed by atoms with Gasteiger partial charge >= 0.3 is 0 Å². The number of hydrogen-bond acceptors (Lipinski definition) is 2. The molecule has 2 heteroatoms. The van der Waals surface area contributed by atoms with E-state index in [1.165, 1.54) is 70.8 Å². The second-order valence-corrected chi connectivity index (χ2v) is 6.52. The Morgan fingerprint density at radius 3 is 2.17 bits per heavy atom. The lowest BCUT2D eigenvalue weighted by Crippen LogP contribution is -2.44. The first-order chi connectivity index (χ1) is 8.81. The summed E-state index contributed by atoms with van der Waals surface area (Å²) in [5.74, 6) is 0.886. The first-order valence-electron chi connectivity index (χ1n) is 8.18. The van der Waals surface area contributed by atoms with Crippen molar-refractivity contribution in [1.82, 2.24) is 10.2 Å². The summed E-state index contributed by atoms with van der Waals surface area (Å²) >= 11 is 0. The largest absolute Gasteiger partial charge is 0.317 e. The SMILES string of the molecule is CNC1CCCCC1CN(C)C1CCCCCC1. The minimum absolute atomic E-state index is 0.770. The van der Waals surface area contributed by atoms with E-state index in [0.29, 0.717) is 0 Å². The van der Waals surface area contributed by atoms with Gasteiger partial charge in [0, 0.05) is 18.6 Å². The highest BCUT2D eigenvalue weighted by Crippen LogP contribution is 2.27. The fourth-order valence-corrected chi connectivity index (χ4v) is 4.02. The van der Waals surface area contributed by atoms with E-state index >= 15 is 0 Å². The van der Waals surface area contributed by atoms with Crippen molar-refractivity contribution in [2.24, 2.45) is 5.92 Å². The molecule has 0 radical (unpaired) electrons. The van der Waals surface area contributed by atoms with Gasteiger partial charge in [-0.15, -0.1) is 0 Å². The van der Waals surface area contributed by atoms with Crippen LogP contribution in [0.5, 0.6) is 0 Å². The lowest BCUT2D eigenvalue weighted by molar-refractivity contribution is 0.148. The van der Waals surface area contributed by atoms with Crippen LogP contribution in [0.1, 0.15) is 64.2 Å². The zero-order valence-electron chi connectivity index (χ0n) is 12.5. The first-order valence-corrected chi connectivity index (χ1v) is 8.18. The molecule has 18 heavy (non-hydrogen) atoms. The van der Waals surface area contributed by atoms with Crippen molar-refractivity contribution in [1.29, 1.82) is 0 Å². The van der Waals surface area contributed by atoms with Crippen molar-refractivity contribution in [3.8, 4) is 0 Å². The first kappa shape index (κ1) is 14.3. The van der Waals surface area contributed by atoms with Gasteiger partial charge in [0.25, 0.3) is 0 Å². The number of hydrogen-bond donors (Lipinski definition) is 1. The van der Waals surface area contributed by atoms with E-state index in [4.69, 9.17) is 0 Å². The van der Waals surface area contributed by atoms with Crippen molar-refractivity contribution in [3.63, 3.8) is 0 Å². The van der Waals surface area contributed by atoms with E-state index in [2.05, 4.69) is 24.3 Å². The normalized spacial score (nSPS) is 31.5. The van der Waals surface area contributed by atoms with Gasteiger partial charge in [-0.1, -0.05) is 38.5 Å². The average Bonchev–Trinajstić information content (AvgIpc) is 2.68. The molecule has 0 bridgehead atoms. The molecule has 0 aromatic rings. The van der Waals surface area contributed by atoms with Crippen LogP contribution < -0.4 is 5.32 Å². The summed E-state index contributed by atoms with van der Waals surface area (Å²) < 4.78 is 0. The molecular formula is C16H32N2. The standard InChI is InChI=1S/C16H32N2/c1-17-16-12-8-7-9-14(16)13-18(2)15-10-5-3-4-6-11-15/h14-17H,3-13H2,1-2H3. The lowest BCUT2D eigenvalue weighted by atomic mass is 9.84. The number of nitrogens with zero attached hydrogens (tertiary/aromatic N) is 1. The van der Waals surface area contributed by atoms with Crippen LogP contribution in [-0.2, 0) is 0 Å². The predicted molar refractivity (Wildman–Crippen MR) is 78.9 cm³/mol. The van der Waals surface area contributed by atoms with E-state index < -0.39 is 0 Å². The molecule has 0 amide bonds. The van der Waals surface area contributed by atoms with E-state index in [-0.39, 0.29) is 0 Å². The summed E-state index contributed by atoms with van der Waals surface area (Å²) in [6.45, 7) is 1.32. The predicted octanol–water partition coefficient (Wildman–Crippen LogP) is 3.42. The monoisotopic (exact) mass is 252 g/mol. The van der Waals surface area contributed by atoms with Gasteiger partial charge in [-0.25, -0.2) is 0 Å². The Morgan fingerprint density at radius 2 is 1.50 bits per heavy atom. The third kappa shape index (κ3) is 3.96. The zero-order valence-corrected chi connectivity index (χ0v) is 12.5. The Labute approximate surface area is 114 Å². The molecule has 2 unspecified atom stereocenters. The molecule has 2 saturated carbocycles. The van der Waals surface area contributed by atoms with Gasteiger partial charge in [0.05, 0.1) is 0 Å². The minimum atomic E-state index is 0.770. The molecule has 0 heterocycles. The second kappa shape index (κ2) is 7.49. The molecule has 2 aliphatic rings. The molecule has 2 atom stereocenters. The Balaban J connectivity index is 1.82. The fraction of sp³-hybridized carbons (Fsp3) is 1.00. The molecule has 2 nitrogen and oxygen atoms in total. The summed E-state index contributed by atoms with van der Waals surface area (Å²) in [7, 11) is 4.52. The third-order valence-corrected chi connectivity index (χ3v) is 5.25. The summed E-state index contributed by atoms with van der Waals surface area (Å²) in [4.78, 5) is 2.69. The molecule has 2 rings (SSSR count). The maximum absolute atomic E-state index is 3.55. The van der Waals surface area contributed by atoms with Crippen LogP contribution in [0.3, 0.4) is 0 Å². The Hall–Kier alpha value is -0.0800.